The second-order valence-corrected chi connectivity index (χ2v) is 55.5. The van der Waals surface area contributed by atoms with Gasteiger partial charge in [-0.05, 0) is 127 Å². The highest BCUT2D eigenvalue weighted by Gasteiger charge is 2.36. The van der Waals surface area contributed by atoms with Gasteiger partial charge in [-0.15, -0.1) is 0 Å². The van der Waals surface area contributed by atoms with E-state index in [4.69, 9.17) is 0 Å². The van der Waals surface area contributed by atoms with Gasteiger partial charge in [0.15, 0.2) is 16.5 Å². The number of benzene rings is 8. The van der Waals surface area contributed by atoms with E-state index in [9.17, 15) is 0 Å². The largest absolute Gasteiger partial charge is 0.368 e. The first-order chi connectivity index (χ1) is 43.2. The second kappa shape index (κ2) is 23.3. The molecule has 0 bridgehead atoms. The van der Waals surface area contributed by atoms with E-state index in [1.165, 1.54) is 154 Å². The highest BCUT2D eigenvalue weighted by Crippen LogP contribution is 2.49. The van der Waals surface area contributed by atoms with Gasteiger partial charge >= 0.3 is 0 Å². The Morgan fingerprint density at radius 3 is 0.935 bits per heavy atom. The summed E-state index contributed by atoms with van der Waals surface area (Å²) in [6, 6.07) is 63.5. The number of nitrogens with zero attached hydrogens (tertiary/aromatic N) is 4. The first-order valence-electron chi connectivity index (χ1n) is 33.5. The molecule has 10 heteroatoms. The monoisotopic (exact) mass is 1400 g/mol. The van der Waals surface area contributed by atoms with Crippen molar-refractivity contribution < 1.29 is 0 Å². The first kappa shape index (κ1) is 64.5. The molecule has 16 rings (SSSR count). The third kappa shape index (κ3) is 11.9. The summed E-state index contributed by atoms with van der Waals surface area (Å²) >= 11 is 7.28. The standard InChI is InChI=1S/C23H29NSi.C22H27NSi.C19H20BrNSi.C18H18BrNSi/c1-23(2,3)17-11-12-21-19(14-17)20-13-16-9-7-8-10-18(16)22(20)24(21)15-25(4,5)6;1-22(2,3)16-11-12-20-18(14-16)19-13-15-9-7-8-10-17(15)21(19)23(20)24(4,5)6;1-22(2,3)12-21-18-9-8-14(20)11-16(18)17-10-13-6-4-5-7-15(13)19(17)21;1-21(2,3)20-17-9-8-13(19)11-15(17)16-10-12-6-4-5-7-14(12)18(16)20/h7-12,14H,13,15H2,1-6H3;7-12,14H,13H2,1-6H3;4-9,11H,10,12H2,1-3H3;4-9,11H,10H2,1-3H3. The molecule has 12 aromatic rings. The van der Waals surface area contributed by atoms with E-state index in [1.807, 2.05) is 0 Å². The molecule has 0 fully saturated rings. The van der Waals surface area contributed by atoms with Crippen molar-refractivity contribution in [3.8, 4) is 45.0 Å². The van der Waals surface area contributed by atoms with Crippen molar-refractivity contribution in [1.29, 1.82) is 0 Å². The Hall–Kier alpha value is -6.25. The SMILES string of the molecule is CC(C)(C)c1ccc2c(c1)c1c(n2C[Si](C)(C)C)-c2ccccc2C1.CC(C)(C)c1ccc2c(c1)c1c(n2[Si](C)(C)C)-c2ccccc2C1.C[Si](C)(C)Cn1c2c(c3cc(Br)ccc31)Cc1ccccc1-2.C[Si](C)(C)n1c2c(c3cc(Br)ccc31)Cc1ccccc1-2. The maximum atomic E-state index is 3.65. The van der Waals surface area contributed by atoms with E-state index in [0.29, 0.717) is 0 Å². The summed E-state index contributed by atoms with van der Waals surface area (Å²) < 4.78 is 12.9. The van der Waals surface area contributed by atoms with Crippen LogP contribution < -0.4 is 0 Å². The Morgan fingerprint density at radius 2 is 0.598 bits per heavy atom. The summed E-state index contributed by atoms with van der Waals surface area (Å²) in [6.07, 6.45) is 6.64. The molecule has 0 spiro atoms. The molecule has 8 aromatic carbocycles. The number of aromatic nitrogens is 4. The Kier molecular flexibility index (Phi) is 16.3. The summed E-state index contributed by atoms with van der Waals surface area (Å²) in [7, 11) is -5.44. The highest BCUT2D eigenvalue weighted by atomic mass is 79.9. The van der Waals surface area contributed by atoms with Gasteiger partial charge in [0.25, 0.3) is 0 Å². The molecule has 0 unspecified atom stereocenters. The molecular weight excluding hydrogens is 1310 g/mol. The van der Waals surface area contributed by atoms with Gasteiger partial charge in [0.1, 0.15) is 0 Å². The predicted octanol–water partition coefficient (Wildman–Crippen LogP) is 24.1. The minimum atomic E-state index is -1.52. The van der Waals surface area contributed by atoms with Gasteiger partial charge in [-0.25, -0.2) is 0 Å². The summed E-state index contributed by atoms with van der Waals surface area (Å²) in [5.41, 5.74) is 32.6. The van der Waals surface area contributed by atoms with Gasteiger partial charge in [-0.1, -0.05) is 261 Å². The van der Waals surface area contributed by atoms with E-state index in [0.717, 1.165) is 25.7 Å². The Morgan fingerprint density at radius 1 is 0.326 bits per heavy atom. The lowest BCUT2D eigenvalue weighted by Gasteiger charge is -2.24. The molecule has 4 aliphatic rings. The molecule has 0 radical (unpaired) electrons. The van der Waals surface area contributed by atoms with Gasteiger partial charge < -0.3 is 17.6 Å². The van der Waals surface area contributed by atoms with Gasteiger partial charge in [0, 0.05) is 124 Å². The van der Waals surface area contributed by atoms with Crippen molar-refractivity contribution in [2.24, 2.45) is 0 Å². The Bertz CT molecular complexity index is 4910. The first-order valence-corrected chi connectivity index (χ1v) is 49.4. The Balaban J connectivity index is 0.000000112. The Labute approximate surface area is 569 Å². The zero-order chi connectivity index (χ0) is 65.5. The lowest BCUT2D eigenvalue weighted by molar-refractivity contribution is 0.591. The minimum Gasteiger partial charge on any atom is -0.368 e. The van der Waals surface area contributed by atoms with E-state index in [-0.39, 0.29) is 10.8 Å². The maximum absolute atomic E-state index is 3.65. The van der Waals surface area contributed by atoms with Crippen LogP contribution >= 0.6 is 31.9 Å². The van der Waals surface area contributed by atoms with Crippen LogP contribution in [0.5, 0.6) is 0 Å². The molecule has 0 amide bonds. The summed E-state index contributed by atoms with van der Waals surface area (Å²) in [6.45, 7) is 43.2. The molecule has 0 aliphatic heterocycles. The molecule has 0 saturated carbocycles. The summed E-state index contributed by atoms with van der Waals surface area (Å²) in [5.74, 6) is 0. The van der Waals surface area contributed by atoms with Gasteiger partial charge in [0.2, 0.25) is 0 Å². The topological polar surface area (TPSA) is 19.7 Å². The molecule has 4 aliphatic carbocycles. The molecule has 92 heavy (non-hydrogen) atoms. The summed E-state index contributed by atoms with van der Waals surface area (Å²) in [4.78, 5) is 0. The third-order valence-electron chi connectivity index (χ3n) is 19.3. The van der Waals surface area contributed by atoms with E-state index in [2.05, 4.69) is 339 Å². The van der Waals surface area contributed by atoms with Crippen LogP contribution in [0.15, 0.2) is 179 Å². The van der Waals surface area contributed by atoms with Crippen molar-refractivity contribution in [3.05, 3.63) is 234 Å². The number of hydrogen-bond donors (Lipinski definition) is 0. The molecular formula is C82H94Br2N4Si4. The minimum absolute atomic E-state index is 0.188. The van der Waals surface area contributed by atoms with Crippen LogP contribution in [0.1, 0.15) is 97.2 Å². The van der Waals surface area contributed by atoms with Crippen molar-refractivity contribution in [1.82, 2.24) is 17.6 Å². The number of fused-ring (bicyclic) bond motifs is 20. The fraction of sp³-hybridized carbons (Fsp3) is 0.317. The molecule has 0 saturated heterocycles. The quantitative estimate of drug-likeness (QED) is 0.148. The van der Waals surface area contributed by atoms with E-state index >= 15 is 0 Å². The van der Waals surface area contributed by atoms with Gasteiger partial charge in [-0.3, -0.25) is 0 Å². The molecule has 4 nitrogen and oxygen atoms in total. The van der Waals surface area contributed by atoms with Crippen LogP contribution in [0.3, 0.4) is 0 Å². The molecule has 4 aromatic heterocycles. The lowest BCUT2D eigenvalue weighted by Crippen LogP contribution is -2.32. The second-order valence-electron chi connectivity index (χ2n) is 33.2. The van der Waals surface area contributed by atoms with Crippen LogP contribution in [0.25, 0.3) is 88.6 Å². The number of halogens is 2. The zero-order valence-corrected chi connectivity index (χ0v) is 65.1. The normalized spacial score (nSPS) is 13.8. The maximum Gasteiger partial charge on any atom is 0.153 e. The number of rotatable bonds is 6. The average Bonchev–Trinajstić information content (AvgIpc) is 1.59. The van der Waals surface area contributed by atoms with Crippen LogP contribution in [0, 0.1) is 0 Å². The predicted molar refractivity (Wildman–Crippen MR) is 418 cm³/mol. The molecule has 4 heterocycles. The fourth-order valence-corrected chi connectivity index (χ4v) is 22.4. The van der Waals surface area contributed by atoms with Crippen LogP contribution in [0.4, 0.5) is 0 Å². The van der Waals surface area contributed by atoms with Crippen LogP contribution in [0.2, 0.25) is 78.6 Å². The van der Waals surface area contributed by atoms with Crippen molar-refractivity contribution in [3.63, 3.8) is 0 Å². The molecule has 472 valence electrons. The average molecular weight is 1410 g/mol. The van der Waals surface area contributed by atoms with Crippen LogP contribution in [-0.2, 0) is 48.8 Å². The third-order valence-corrected chi connectivity index (χ3v) is 26.4. The van der Waals surface area contributed by atoms with Crippen LogP contribution in [-0.4, -0.2) is 50.2 Å². The summed E-state index contributed by atoms with van der Waals surface area (Å²) in [5, 5.41) is 5.77. The van der Waals surface area contributed by atoms with Crippen molar-refractivity contribution >= 4 is 108 Å². The smallest absolute Gasteiger partial charge is 0.153 e. The van der Waals surface area contributed by atoms with Gasteiger partial charge in [-0.2, -0.15) is 0 Å². The highest BCUT2D eigenvalue weighted by molar-refractivity contribution is 9.10. The van der Waals surface area contributed by atoms with Crippen molar-refractivity contribution in [2.75, 3.05) is 0 Å². The zero-order valence-electron chi connectivity index (χ0n) is 58.0. The fourth-order valence-electron chi connectivity index (χ4n) is 15.4. The van der Waals surface area contributed by atoms with E-state index in [1.54, 1.807) is 11.1 Å². The van der Waals surface area contributed by atoms with Gasteiger partial charge in [0.05, 0.1) is 27.5 Å². The molecule has 0 atom stereocenters. The molecule has 0 N–H and O–H groups in total. The lowest BCUT2D eigenvalue weighted by atomic mass is 9.86. The van der Waals surface area contributed by atoms with Crippen molar-refractivity contribution in [2.45, 2.75) is 169 Å². The number of hydrogen-bond acceptors (Lipinski definition) is 0. The van der Waals surface area contributed by atoms with E-state index < -0.39 is 32.6 Å².